The van der Waals surface area contributed by atoms with Gasteiger partial charge in [0.15, 0.2) is 4.80 Å². The van der Waals surface area contributed by atoms with Gasteiger partial charge in [0.25, 0.3) is 0 Å². The summed E-state index contributed by atoms with van der Waals surface area (Å²) in [4.78, 5) is 6.47. The Hall–Kier alpha value is -1.55. The van der Waals surface area contributed by atoms with Crippen molar-refractivity contribution in [2.75, 3.05) is 7.11 Å². The first-order valence-electron chi connectivity index (χ1n) is 10.2. The highest BCUT2D eigenvalue weighted by molar-refractivity contribution is 7.07. The Balaban J connectivity index is 1.73. The van der Waals surface area contributed by atoms with Gasteiger partial charge in [0, 0.05) is 11.4 Å². The molecule has 0 amide bonds. The molecule has 0 spiro atoms. The van der Waals surface area contributed by atoms with Crippen LogP contribution in [0.3, 0.4) is 0 Å². The molecule has 2 aliphatic carbocycles. The number of thiazole rings is 1. The second-order valence-corrected chi connectivity index (χ2v) is 8.55. The molecule has 4 heteroatoms. The molecule has 3 nitrogen and oxygen atoms in total. The molecule has 0 bridgehead atoms. The minimum atomic E-state index is 0.529. The molecule has 0 saturated heterocycles. The van der Waals surface area contributed by atoms with Crippen molar-refractivity contribution in [3.63, 3.8) is 0 Å². The van der Waals surface area contributed by atoms with Crippen molar-refractivity contribution in [3.8, 4) is 17.0 Å². The molecule has 1 aromatic heterocycles. The van der Waals surface area contributed by atoms with Crippen LogP contribution in [-0.2, 0) is 0 Å². The van der Waals surface area contributed by atoms with Crippen molar-refractivity contribution >= 4 is 11.3 Å². The van der Waals surface area contributed by atoms with E-state index in [1.54, 1.807) is 7.11 Å². The smallest absolute Gasteiger partial charge is 0.185 e. The number of nitrogens with zero attached hydrogens (tertiary/aromatic N) is 2. The molecule has 0 aliphatic heterocycles. The first-order valence-corrected chi connectivity index (χ1v) is 11.1. The van der Waals surface area contributed by atoms with Gasteiger partial charge in [-0.3, -0.25) is 4.99 Å². The normalized spacial score (nSPS) is 20.4. The maximum Gasteiger partial charge on any atom is 0.185 e. The molecule has 0 radical (unpaired) electrons. The maximum atomic E-state index is 5.33. The summed E-state index contributed by atoms with van der Waals surface area (Å²) in [6, 6.07) is 9.64. The highest BCUT2D eigenvalue weighted by Gasteiger charge is 2.21. The molecule has 0 unspecified atom stereocenters. The van der Waals surface area contributed by atoms with E-state index in [9.17, 15) is 0 Å². The number of methoxy groups -OCH3 is 1. The fraction of sp³-hybridized carbons (Fsp3) is 0.591. The number of hydrogen-bond donors (Lipinski definition) is 0. The van der Waals surface area contributed by atoms with Crippen LogP contribution < -0.4 is 9.54 Å². The second-order valence-electron chi connectivity index (χ2n) is 7.71. The van der Waals surface area contributed by atoms with Crippen LogP contribution in [0.4, 0.5) is 0 Å². The number of aromatic nitrogens is 1. The average molecular weight is 371 g/mol. The molecular formula is C22H30N2OS. The number of benzene rings is 1. The van der Waals surface area contributed by atoms with E-state index in [1.807, 2.05) is 11.3 Å². The molecule has 0 atom stereocenters. The zero-order chi connectivity index (χ0) is 17.8. The van der Waals surface area contributed by atoms with Crippen LogP contribution >= 0.6 is 11.3 Å². The third-order valence-corrected chi connectivity index (χ3v) is 6.79. The summed E-state index contributed by atoms with van der Waals surface area (Å²) in [6.45, 7) is 0. The van der Waals surface area contributed by atoms with Crippen molar-refractivity contribution in [1.82, 2.24) is 4.57 Å². The summed E-state index contributed by atoms with van der Waals surface area (Å²) >= 11 is 1.83. The van der Waals surface area contributed by atoms with Crippen molar-refractivity contribution in [3.05, 3.63) is 34.4 Å². The molecule has 2 saturated carbocycles. The van der Waals surface area contributed by atoms with Crippen LogP contribution in [-0.4, -0.2) is 17.7 Å². The zero-order valence-corrected chi connectivity index (χ0v) is 16.6. The Kier molecular flexibility index (Phi) is 5.78. The van der Waals surface area contributed by atoms with Crippen LogP contribution in [0.25, 0.3) is 11.3 Å². The molecule has 4 rings (SSSR count). The number of ether oxygens (including phenoxy) is 1. The van der Waals surface area contributed by atoms with E-state index < -0.39 is 0 Å². The second kappa shape index (κ2) is 8.43. The first-order chi connectivity index (χ1) is 12.8. The van der Waals surface area contributed by atoms with Crippen molar-refractivity contribution < 1.29 is 4.74 Å². The first kappa shape index (κ1) is 17.8. The SMILES string of the molecule is COc1ccc(-c2csc(=NC3CCCCC3)n2C2CCCCC2)cc1. The summed E-state index contributed by atoms with van der Waals surface area (Å²) in [7, 11) is 1.73. The Morgan fingerprint density at radius 2 is 1.58 bits per heavy atom. The number of hydrogen-bond acceptors (Lipinski definition) is 3. The van der Waals surface area contributed by atoms with Gasteiger partial charge in [0.05, 0.1) is 18.8 Å². The summed E-state index contributed by atoms with van der Waals surface area (Å²) < 4.78 is 7.90. The summed E-state index contributed by atoms with van der Waals surface area (Å²) in [5, 5.41) is 2.32. The van der Waals surface area contributed by atoms with E-state index in [0.717, 1.165) is 5.75 Å². The summed E-state index contributed by atoms with van der Waals surface area (Å²) in [5.41, 5.74) is 2.61. The summed E-state index contributed by atoms with van der Waals surface area (Å²) in [5.74, 6) is 0.917. The Bertz CT molecular complexity index is 762. The van der Waals surface area contributed by atoms with Gasteiger partial charge in [0.1, 0.15) is 5.75 Å². The van der Waals surface area contributed by atoms with Crippen LogP contribution in [0, 0.1) is 0 Å². The lowest BCUT2D eigenvalue weighted by Crippen LogP contribution is -2.26. The predicted molar refractivity (Wildman–Crippen MR) is 109 cm³/mol. The molecule has 0 N–H and O–H groups in total. The van der Waals surface area contributed by atoms with Gasteiger partial charge in [-0.2, -0.15) is 0 Å². The maximum absolute atomic E-state index is 5.33. The van der Waals surface area contributed by atoms with Crippen LogP contribution in [0.5, 0.6) is 5.75 Å². The third-order valence-electron chi connectivity index (χ3n) is 5.93. The highest BCUT2D eigenvalue weighted by atomic mass is 32.1. The van der Waals surface area contributed by atoms with Crippen LogP contribution in [0.1, 0.15) is 70.3 Å². The molecule has 1 aromatic carbocycles. The van der Waals surface area contributed by atoms with Crippen LogP contribution in [0.15, 0.2) is 34.6 Å². The molecule has 1 heterocycles. The monoisotopic (exact) mass is 370 g/mol. The fourth-order valence-corrected chi connectivity index (χ4v) is 5.48. The molecule has 2 aromatic rings. The van der Waals surface area contributed by atoms with Gasteiger partial charge >= 0.3 is 0 Å². The van der Waals surface area contributed by atoms with Gasteiger partial charge in [-0.05, 0) is 55.5 Å². The lowest BCUT2D eigenvalue weighted by Gasteiger charge is -2.26. The minimum absolute atomic E-state index is 0.529. The van der Waals surface area contributed by atoms with E-state index in [-0.39, 0.29) is 0 Å². The van der Waals surface area contributed by atoms with E-state index in [4.69, 9.17) is 9.73 Å². The molecule has 140 valence electrons. The molecular weight excluding hydrogens is 340 g/mol. The van der Waals surface area contributed by atoms with Crippen molar-refractivity contribution in [2.24, 2.45) is 4.99 Å². The molecule has 26 heavy (non-hydrogen) atoms. The highest BCUT2D eigenvalue weighted by Crippen LogP contribution is 2.33. The van der Waals surface area contributed by atoms with Crippen molar-refractivity contribution in [2.45, 2.75) is 76.3 Å². The van der Waals surface area contributed by atoms with E-state index in [2.05, 4.69) is 34.2 Å². The molecule has 2 fully saturated rings. The third kappa shape index (κ3) is 3.90. The number of rotatable bonds is 4. The van der Waals surface area contributed by atoms with E-state index >= 15 is 0 Å². The van der Waals surface area contributed by atoms with Gasteiger partial charge in [-0.25, -0.2) is 0 Å². The van der Waals surface area contributed by atoms with E-state index in [0.29, 0.717) is 12.1 Å². The Labute approximate surface area is 160 Å². The fourth-order valence-electron chi connectivity index (χ4n) is 4.45. The molecule has 2 aliphatic rings. The quantitative estimate of drug-likeness (QED) is 0.652. The van der Waals surface area contributed by atoms with Crippen LogP contribution in [0.2, 0.25) is 0 Å². The zero-order valence-electron chi connectivity index (χ0n) is 15.8. The summed E-state index contributed by atoms with van der Waals surface area (Å²) in [6.07, 6.45) is 13.3. The lowest BCUT2D eigenvalue weighted by molar-refractivity contribution is 0.346. The lowest BCUT2D eigenvalue weighted by atomic mass is 9.94. The van der Waals surface area contributed by atoms with E-state index in [1.165, 1.54) is 80.3 Å². The Morgan fingerprint density at radius 3 is 2.23 bits per heavy atom. The Morgan fingerprint density at radius 1 is 0.923 bits per heavy atom. The van der Waals surface area contributed by atoms with Crippen molar-refractivity contribution in [1.29, 1.82) is 0 Å². The van der Waals surface area contributed by atoms with Gasteiger partial charge < -0.3 is 9.30 Å². The largest absolute Gasteiger partial charge is 0.497 e. The topological polar surface area (TPSA) is 26.5 Å². The minimum Gasteiger partial charge on any atom is -0.497 e. The van der Waals surface area contributed by atoms with Gasteiger partial charge in [-0.1, -0.05) is 38.5 Å². The average Bonchev–Trinajstić information content (AvgIpc) is 3.13. The van der Waals surface area contributed by atoms with Gasteiger partial charge in [-0.15, -0.1) is 11.3 Å². The van der Waals surface area contributed by atoms with Gasteiger partial charge in [0.2, 0.25) is 0 Å². The predicted octanol–water partition coefficient (Wildman–Crippen LogP) is 5.96. The standard InChI is InChI=1S/C22H30N2OS/c1-25-20-14-12-17(13-15-20)21-16-26-22(23-18-8-4-2-5-9-18)24(21)19-10-6-3-7-11-19/h12-16,18-19H,2-11H2,1H3.